The molecule has 5 rings (SSSR count). The average Bonchev–Trinajstić information content (AvgIpc) is 3.28. The molecule has 0 unspecified atom stereocenters. The molecule has 0 radical (unpaired) electrons. The first-order valence-corrected chi connectivity index (χ1v) is 13.8. The Labute approximate surface area is 224 Å². The zero-order valence-electron chi connectivity index (χ0n) is 22.7. The Bertz CT molecular complexity index is 1040. The Balaban J connectivity index is 1.37. The first-order valence-electron chi connectivity index (χ1n) is 13.8. The third-order valence-electron chi connectivity index (χ3n) is 9.52. The van der Waals surface area contributed by atoms with Crippen LogP contribution in [0.4, 0.5) is 5.69 Å². The summed E-state index contributed by atoms with van der Waals surface area (Å²) in [5.74, 6) is -2.26. The lowest BCUT2D eigenvalue weighted by atomic mass is 9.66. The van der Waals surface area contributed by atoms with Crippen LogP contribution in [-0.4, -0.2) is 85.1 Å². The number of esters is 3. The molecule has 208 valence electrons. The van der Waals surface area contributed by atoms with Crippen molar-refractivity contribution in [2.24, 2.45) is 29.1 Å². The molecule has 4 aliphatic rings. The molecule has 9 atom stereocenters. The molecule has 9 nitrogen and oxygen atoms in total. The molecular formula is C29H40N2O7. The summed E-state index contributed by atoms with van der Waals surface area (Å²) in [6.07, 6.45) is -1.60. The van der Waals surface area contributed by atoms with Gasteiger partial charge < -0.3 is 24.2 Å². The fraction of sp³-hybridized carbons (Fsp3) is 0.690. The lowest BCUT2D eigenvalue weighted by Crippen LogP contribution is -2.53. The molecule has 1 N–H and O–H groups in total. The Morgan fingerprint density at radius 3 is 2.34 bits per heavy atom. The van der Waals surface area contributed by atoms with E-state index in [4.69, 9.17) is 14.2 Å². The predicted octanol–water partition coefficient (Wildman–Crippen LogP) is 2.26. The standard InChI is InChI=1S/C29H40N2O7/c1-17-14-22-25(27(34)29(4)24(37-19(3)33)15-23(26(17)29)36-18(2)32)21(28(35)38-22)16-30-10-12-31(13-11-30)20-8-6-5-7-9-20/h5-9,17,21-27,34H,10-16H2,1-4H3/t17-,21+,22+,23+,24+,25-,26+,27+,29-/m1/s1. The van der Waals surface area contributed by atoms with Gasteiger partial charge in [-0.05, 0) is 24.5 Å². The number of benzene rings is 1. The number of fused-ring (bicyclic) bond motifs is 2. The third kappa shape index (κ3) is 4.79. The van der Waals surface area contributed by atoms with Crippen molar-refractivity contribution in [3.8, 4) is 0 Å². The molecule has 0 bridgehead atoms. The van der Waals surface area contributed by atoms with Crippen molar-refractivity contribution in [3.63, 3.8) is 0 Å². The Kier molecular flexibility index (Phi) is 7.44. The normalized spacial score (nSPS) is 39.1. The highest BCUT2D eigenvalue weighted by atomic mass is 16.6. The summed E-state index contributed by atoms with van der Waals surface area (Å²) in [5, 5.41) is 12.1. The van der Waals surface area contributed by atoms with Crippen LogP contribution in [0.15, 0.2) is 30.3 Å². The zero-order chi connectivity index (χ0) is 27.2. The molecule has 2 heterocycles. The van der Waals surface area contributed by atoms with Crippen molar-refractivity contribution in [1.29, 1.82) is 0 Å². The van der Waals surface area contributed by atoms with Crippen molar-refractivity contribution >= 4 is 23.6 Å². The summed E-state index contributed by atoms with van der Waals surface area (Å²) in [6, 6.07) is 10.3. The number of carbonyl (C=O) groups excluding carboxylic acids is 3. The number of ether oxygens (including phenoxy) is 3. The smallest absolute Gasteiger partial charge is 0.311 e. The van der Waals surface area contributed by atoms with Gasteiger partial charge in [0.25, 0.3) is 0 Å². The quantitative estimate of drug-likeness (QED) is 0.455. The minimum Gasteiger partial charge on any atom is -0.462 e. The molecular weight excluding hydrogens is 488 g/mol. The van der Waals surface area contributed by atoms with E-state index in [1.807, 2.05) is 25.1 Å². The van der Waals surface area contributed by atoms with E-state index in [1.54, 1.807) is 0 Å². The maximum Gasteiger partial charge on any atom is 0.311 e. The molecule has 1 aromatic rings. The number of nitrogens with zero attached hydrogens (tertiary/aromatic N) is 2. The highest BCUT2D eigenvalue weighted by Crippen LogP contribution is 2.59. The highest BCUT2D eigenvalue weighted by Gasteiger charge is 2.67. The van der Waals surface area contributed by atoms with Gasteiger partial charge in [0.2, 0.25) is 0 Å². The molecule has 1 aromatic carbocycles. The van der Waals surface area contributed by atoms with Crippen LogP contribution in [0.5, 0.6) is 0 Å². The summed E-state index contributed by atoms with van der Waals surface area (Å²) in [4.78, 5) is 41.8. The number of piperazine rings is 1. The minimum absolute atomic E-state index is 0.0180. The van der Waals surface area contributed by atoms with Gasteiger partial charge in [-0.3, -0.25) is 19.3 Å². The SMILES string of the molecule is CC(=O)O[C@H]1C[C@H](OC(C)=O)[C@]2(C)[C@H]1[C@H](C)C[C@@H]1OC(=O)[C@@H](CN3CCN(c4ccccc4)CC3)[C@H]1[C@@H]2O. The lowest BCUT2D eigenvalue weighted by molar-refractivity contribution is -0.165. The van der Waals surface area contributed by atoms with Crippen LogP contribution in [0.1, 0.15) is 40.5 Å². The summed E-state index contributed by atoms with van der Waals surface area (Å²) in [6.45, 7) is 10.6. The van der Waals surface area contributed by atoms with E-state index >= 15 is 0 Å². The van der Waals surface area contributed by atoms with Gasteiger partial charge in [-0.2, -0.15) is 0 Å². The van der Waals surface area contributed by atoms with Crippen molar-refractivity contribution in [2.75, 3.05) is 37.6 Å². The Hall–Kier alpha value is -2.65. The number of aliphatic hydroxyl groups excluding tert-OH is 1. The van der Waals surface area contributed by atoms with Crippen LogP contribution < -0.4 is 4.90 Å². The first kappa shape index (κ1) is 26.9. The van der Waals surface area contributed by atoms with Crippen LogP contribution in [0.3, 0.4) is 0 Å². The number of aliphatic hydroxyl groups is 1. The van der Waals surface area contributed by atoms with E-state index < -0.39 is 53.6 Å². The van der Waals surface area contributed by atoms with Crippen molar-refractivity contribution in [3.05, 3.63) is 30.3 Å². The van der Waals surface area contributed by atoms with Crippen molar-refractivity contribution in [2.45, 2.75) is 65.0 Å². The zero-order valence-corrected chi connectivity index (χ0v) is 22.7. The van der Waals surface area contributed by atoms with Crippen LogP contribution >= 0.6 is 0 Å². The van der Waals surface area contributed by atoms with Crippen molar-refractivity contribution < 1.29 is 33.7 Å². The third-order valence-corrected chi connectivity index (χ3v) is 9.52. The van der Waals surface area contributed by atoms with Crippen LogP contribution in [0, 0.1) is 29.1 Å². The fourth-order valence-corrected chi connectivity index (χ4v) is 7.89. The Morgan fingerprint density at radius 1 is 1.05 bits per heavy atom. The van der Waals surface area contributed by atoms with Crippen LogP contribution in [0.2, 0.25) is 0 Å². The molecule has 2 saturated carbocycles. The molecule has 4 fully saturated rings. The lowest BCUT2D eigenvalue weighted by Gasteiger charge is -2.44. The van der Waals surface area contributed by atoms with Gasteiger partial charge in [-0.1, -0.05) is 32.0 Å². The highest BCUT2D eigenvalue weighted by molar-refractivity contribution is 5.76. The summed E-state index contributed by atoms with van der Waals surface area (Å²) in [7, 11) is 0. The van der Waals surface area contributed by atoms with E-state index in [0.29, 0.717) is 19.4 Å². The van der Waals surface area contributed by atoms with E-state index in [2.05, 4.69) is 28.9 Å². The van der Waals surface area contributed by atoms with Gasteiger partial charge in [0.05, 0.1) is 12.0 Å². The molecule has 0 aromatic heterocycles. The number of anilines is 1. The van der Waals surface area contributed by atoms with Crippen LogP contribution in [-0.2, 0) is 28.6 Å². The second kappa shape index (κ2) is 10.5. The van der Waals surface area contributed by atoms with E-state index in [1.165, 1.54) is 19.5 Å². The summed E-state index contributed by atoms with van der Waals surface area (Å²) >= 11 is 0. The maximum absolute atomic E-state index is 13.2. The first-order chi connectivity index (χ1) is 18.1. The van der Waals surface area contributed by atoms with Gasteiger partial charge in [-0.15, -0.1) is 0 Å². The fourth-order valence-electron chi connectivity index (χ4n) is 7.89. The maximum atomic E-state index is 13.2. The van der Waals surface area contributed by atoms with Gasteiger partial charge in [-0.25, -0.2) is 0 Å². The molecule has 9 heteroatoms. The molecule has 0 amide bonds. The number of para-hydroxylation sites is 1. The van der Waals surface area contributed by atoms with E-state index in [-0.39, 0.29) is 17.8 Å². The second-order valence-corrected chi connectivity index (χ2v) is 11.8. The molecule has 38 heavy (non-hydrogen) atoms. The number of hydrogen-bond donors (Lipinski definition) is 1. The van der Waals surface area contributed by atoms with Gasteiger partial charge in [0, 0.05) is 75.9 Å². The average molecular weight is 529 g/mol. The topological polar surface area (TPSA) is 106 Å². The molecule has 2 saturated heterocycles. The van der Waals surface area contributed by atoms with Crippen molar-refractivity contribution in [1.82, 2.24) is 4.90 Å². The predicted molar refractivity (Wildman–Crippen MR) is 139 cm³/mol. The monoisotopic (exact) mass is 528 g/mol. The van der Waals surface area contributed by atoms with E-state index in [9.17, 15) is 19.5 Å². The number of rotatable bonds is 5. The molecule has 2 aliphatic heterocycles. The Morgan fingerprint density at radius 2 is 1.71 bits per heavy atom. The van der Waals surface area contributed by atoms with E-state index in [0.717, 1.165) is 26.2 Å². The van der Waals surface area contributed by atoms with Crippen LogP contribution in [0.25, 0.3) is 0 Å². The molecule has 0 spiro atoms. The number of carbonyl (C=O) groups is 3. The largest absolute Gasteiger partial charge is 0.462 e. The minimum atomic E-state index is -0.964. The van der Waals surface area contributed by atoms with Gasteiger partial charge >= 0.3 is 17.9 Å². The number of hydrogen-bond acceptors (Lipinski definition) is 9. The van der Waals surface area contributed by atoms with Gasteiger partial charge in [0.1, 0.15) is 18.3 Å². The second-order valence-electron chi connectivity index (χ2n) is 11.8. The van der Waals surface area contributed by atoms with Gasteiger partial charge in [0.15, 0.2) is 0 Å². The molecule has 2 aliphatic carbocycles. The summed E-state index contributed by atoms with van der Waals surface area (Å²) < 4.78 is 17.4. The summed E-state index contributed by atoms with van der Waals surface area (Å²) in [5.41, 5.74) is 0.308.